The van der Waals surface area contributed by atoms with E-state index in [9.17, 15) is 4.79 Å². The summed E-state index contributed by atoms with van der Waals surface area (Å²) < 4.78 is 0. The van der Waals surface area contributed by atoms with Crippen molar-refractivity contribution in [1.82, 2.24) is 10.8 Å². The van der Waals surface area contributed by atoms with Crippen LogP contribution in [0.5, 0.6) is 0 Å². The number of carbonyl (C=O) groups excluding carboxylic acids is 1. The number of amides is 1. The Morgan fingerprint density at radius 3 is 2.77 bits per heavy atom. The van der Waals surface area contributed by atoms with Gasteiger partial charge in [0.15, 0.2) is 0 Å². The molecule has 13 heavy (non-hydrogen) atoms. The van der Waals surface area contributed by atoms with E-state index in [1.165, 1.54) is 12.8 Å². The van der Waals surface area contributed by atoms with Crippen LogP contribution < -0.4 is 10.8 Å². The van der Waals surface area contributed by atoms with Crippen LogP contribution in [0.2, 0.25) is 0 Å². The molecule has 0 unspecified atom stereocenters. The summed E-state index contributed by atoms with van der Waals surface area (Å²) in [6.07, 6.45) is 5.03. The van der Waals surface area contributed by atoms with E-state index in [1.54, 1.807) is 0 Å². The van der Waals surface area contributed by atoms with E-state index >= 15 is 0 Å². The van der Waals surface area contributed by atoms with Gasteiger partial charge in [0.2, 0.25) is 5.91 Å². The number of carbonyl (C=O) groups is 1. The zero-order valence-electron chi connectivity index (χ0n) is 8.14. The molecule has 0 radical (unpaired) electrons. The van der Waals surface area contributed by atoms with Crippen molar-refractivity contribution >= 4 is 5.91 Å². The molecule has 1 rings (SSSR count). The molecule has 0 aromatic carbocycles. The molecule has 0 aromatic rings. The molecule has 0 heterocycles. The first-order chi connectivity index (χ1) is 6.33. The Morgan fingerprint density at radius 1 is 1.46 bits per heavy atom. The van der Waals surface area contributed by atoms with Crippen molar-refractivity contribution in [3.05, 3.63) is 0 Å². The number of rotatable bonds is 5. The van der Waals surface area contributed by atoms with Crippen molar-refractivity contribution in [1.29, 1.82) is 0 Å². The fourth-order valence-electron chi connectivity index (χ4n) is 1.49. The van der Waals surface area contributed by atoms with Crippen molar-refractivity contribution in [3.8, 4) is 0 Å². The molecule has 0 aromatic heterocycles. The van der Waals surface area contributed by atoms with Gasteiger partial charge in [-0.25, -0.2) is 0 Å². The monoisotopic (exact) mass is 186 g/mol. The Balaban J connectivity index is 1.96. The molecule has 1 aliphatic carbocycles. The van der Waals surface area contributed by atoms with Crippen LogP contribution in [0.4, 0.5) is 0 Å². The first kappa shape index (κ1) is 10.5. The molecule has 2 N–H and O–H groups in total. The minimum Gasteiger partial charge on any atom is -0.355 e. The molecule has 1 fully saturated rings. The van der Waals surface area contributed by atoms with Crippen LogP contribution in [0.1, 0.15) is 32.6 Å². The van der Waals surface area contributed by atoms with Crippen molar-refractivity contribution in [2.24, 2.45) is 0 Å². The largest absolute Gasteiger partial charge is 0.355 e. The first-order valence-electron chi connectivity index (χ1n) is 4.98. The Labute approximate surface area is 79.0 Å². The maximum absolute atomic E-state index is 11.0. The third-order valence-corrected chi connectivity index (χ3v) is 2.16. The number of nitrogens with one attached hydrogen (secondary N) is 2. The lowest BCUT2D eigenvalue weighted by Crippen LogP contribution is -2.35. The summed E-state index contributed by atoms with van der Waals surface area (Å²) >= 11 is 0. The maximum Gasteiger partial charge on any atom is 0.236 e. The van der Waals surface area contributed by atoms with Crippen LogP contribution in [-0.2, 0) is 9.63 Å². The Bertz CT molecular complexity index is 156. The summed E-state index contributed by atoms with van der Waals surface area (Å²) in [6, 6.07) is 0. The topological polar surface area (TPSA) is 50.4 Å². The summed E-state index contributed by atoms with van der Waals surface area (Å²) in [7, 11) is 0. The van der Waals surface area contributed by atoms with E-state index in [4.69, 9.17) is 4.84 Å². The molecule has 4 nitrogen and oxygen atoms in total. The molecule has 4 heteroatoms. The van der Waals surface area contributed by atoms with Gasteiger partial charge >= 0.3 is 0 Å². The number of hydrogen-bond acceptors (Lipinski definition) is 3. The minimum absolute atomic E-state index is 0.0134. The van der Waals surface area contributed by atoms with Crippen molar-refractivity contribution < 1.29 is 9.63 Å². The molecule has 0 atom stereocenters. The van der Waals surface area contributed by atoms with Gasteiger partial charge in [-0.1, -0.05) is 12.8 Å². The van der Waals surface area contributed by atoms with Gasteiger partial charge in [-0.05, 0) is 19.8 Å². The van der Waals surface area contributed by atoms with Crippen LogP contribution in [-0.4, -0.2) is 25.1 Å². The van der Waals surface area contributed by atoms with Gasteiger partial charge in [0.05, 0.1) is 12.6 Å². The highest BCUT2D eigenvalue weighted by Gasteiger charge is 2.15. The molecule has 1 aliphatic rings. The molecule has 76 valence electrons. The van der Waals surface area contributed by atoms with Gasteiger partial charge in [-0.3, -0.25) is 9.63 Å². The summed E-state index contributed by atoms with van der Waals surface area (Å²) in [5.74, 6) is -0.0134. The lowest BCUT2D eigenvalue weighted by atomic mass is 10.3. The summed E-state index contributed by atoms with van der Waals surface area (Å²) in [5, 5.41) is 2.69. The highest BCUT2D eigenvalue weighted by Crippen LogP contribution is 2.19. The van der Waals surface area contributed by atoms with E-state index in [1.807, 2.05) is 6.92 Å². The maximum atomic E-state index is 11.0. The third kappa shape index (κ3) is 4.24. The second-order valence-electron chi connectivity index (χ2n) is 3.30. The van der Waals surface area contributed by atoms with E-state index < -0.39 is 0 Å². The van der Waals surface area contributed by atoms with Gasteiger partial charge in [0, 0.05) is 6.54 Å². The molecule has 0 spiro atoms. The predicted molar refractivity (Wildman–Crippen MR) is 50.0 cm³/mol. The molecule has 0 saturated heterocycles. The summed E-state index contributed by atoms with van der Waals surface area (Å²) in [6.45, 7) is 2.82. The van der Waals surface area contributed by atoms with Crippen molar-refractivity contribution in [3.63, 3.8) is 0 Å². The molecule has 1 saturated carbocycles. The minimum atomic E-state index is -0.0134. The van der Waals surface area contributed by atoms with Gasteiger partial charge in [0.1, 0.15) is 0 Å². The quantitative estimate of drug-likeness (QED) is 0.618. The highest BCUT2D eigenvalue weighted by molar-refractivity contribution is 5.77. The van der Waals surface area contributed by atoms with Crippen LogP contribution >= 0.6 is 0 Å². The Kier molecular flexibility index (Phi) is 4.78. The number of hydroxylamine groups is 1. The SMILES string of the molecule is CCNC(=O)CNOC1CCCC1. The van der Waals surface area contributed by atoms with E-state index in [-0.39, 0.29) is 12.5 Å². The zero-order valence-corrected chi connectivity index (χ0v) is 8.14. The average molecular weight is 186 g/mol. The van der Waals surface area contributed by atoms with Gasteiger partial charge < -0.3 is 5.32 Å². The van der Waals surface area contributed by atoms with Gasteiger partial charge in [-0.15, -0.1) is 0 Å². The second-order valence-corrected chi connectivity index (χ2v) is 3.30. The third-order valence-electron chi connectivity index (χ3n) is 2.16. The normalized spacial score (nSPS) is 17.6. The van der Waals surface area contributed by atoms with Gasteiger partial charge in [0.25, 0.3) is 0 Å². The molecular formula is C9H18N2O2. The Morgan fingerprint density at radius 2 is 2.15 bits per heavy atom. The molecular weight excluding hydrogens is 168 g/mol. The van der Waals surface area contributed by atoms with Crippen molar-refractivity contribution in [2.75, 3.05) is 13.1 Å². The zero-order chi connectivity index (χ0) is 9.52. The predicted octanol–water partition coefficient (Wildman–Crippen LogP) is 0.586. The smallest absolute Gasteiger partial charge is 0.236 e. The lowest BCUT2D eigenvalue weighted by molar-refractivity contribution is -0.124. The lowest BCUT2D eigenvalue weighted by Gasteiger charge is -2.10. The van der Waals surface area contributed by atoms with Crippen molar-refractivity contribution in [2.45, 2.75) is 38.7 Å². The van der Waals surface area contributed by atoms with Crippen LogP contribution in [0, 0.1) is 0 Å². The summed E-state index contributed by atoms with van der Waals surface area (Å²) in [4.78, 5) is 16.3. The van der Waals surface area contributed by atoms with E-state index in [0.29, 0.717) is 12.6 Å². The average Bonchev–Trinajstić information content (AvgIpc) is 2.57. The highest BCUT2D eigenvalue weighted by atomic mass is 16.7. The summed E-state index contributed by atoms with van der Waals surface area (Å²) in [5.41, 5.74) is 2.70. The van der Waals surface area contributed by atoms with E-state index in [0.717, 1.165) is 12.8 Å². The molecule has 1 amide bonds. The fourth-order valence-corrected chi connectivity index (χ4v) is 1.49. The standard InChI is InChI=1S/C9H18N2O2/c1-2-10-9(12)7-11-13-8-5-3-4-6-8/h8,11H,2-7H2,1H3,(H,10,12). The first-order valence-corrected chi connectivity index (χ1v) is 4.98. The van der Waals surface area contributed by atoms with Crippen LogP contribution in [0.25, 0.3) is 0 Å². The number of likely N-dealkylation sites (N-methyl/N-ethyl adjacent to an activating group) is 1. The fraction of sp³-hybridized carbons (Fsp3) is 0.889. The Hall–Kier alpha value is -0.610. The van der Waals surface area contributed by atoms with Gasteiger partial charge in [-0.2, -0.15) is 5.48 Å². The van der Waals surface area contributed by atoms with Crippen LogP contribution in [0.15, 0.2) is 0 Å². The molecule has 0 aliphatic heterocycles. The number of hydrogen-bond donors (Lipinski definition) is 2. The van der Waals surface area contributed by atoms with Crippen LogP contribution in [0.3, 0.4) is 0 Å². The second kappa shape index (κ2) is 5.94. The van der Waals surface area contributed by atoms with E-state index in [2.05, 4.69) is 10.8 Å². The molecule has 0 bridgehead atoms.